The molecular weight excluding hydrogens is 224 g/mol. The van der Waals surface area contributed by atoms with Gasteiger partial charge in [0.05, 0.1) is 0 Å². The van der Waals surface area contributed by atoms with Crippen molar-refractivity contribution in [2.45, 2.75) is 34.6 Å². The fraction of sp³-hybridized carbons (Fsp3) is 1.00. The van der Waals surface area contributed by atoms with E-state index < -0.39 is 0 Å². The van der Waals surface area contributed by atoms with Gasteiger partial charge in [0.25, 0.3) is 0 Å². The predicted molar refractivity (Wildman–Crippen MR) is 40.8 cm³/mol. The summed E-state index contributed by atoms with van der Waals surface area (Å²) in [5, 5.41) is 0. The van der Waals surface area contributed by atoms with Crippen molar-refractivity contribution >= 4 is 20.9 Å². The van der Waals surface area contributed by atoms with Gasteiger partial charge in [0.15, 0.2) is 0 Å². The maximum absolute atomic E-state index is 1.69. The quantitative estimate of drug-likeness (QED) is 0.568. The molecule has 0 spiro atoms. The Bertz CT molecular complexity index is 88.7. The van der Waals surface area contributed by atoms with Crippen LogP contribution in [0.25, 0.3) is 0 Å². The van der Waals surface area contributed by atoms with Crippen LogP contribution in [0.1, 0.15) is 25.7 Å². The Morgan fingerprint density at radius 1 is 0.889 bits per heavy atom. The van der Waals surface area contributed by atoms with Crippen molar-refractivity contribution in [3.63, 3.8) is 0 Å². The molecular formula is C8H14Te. The van der Waals surface area contributed by atoms with Gasteiger partial charge in [0.1, 0.15) is 0 Å². The van der Waals surface area contributed by atoms with Crippen LogP contribution in [0.3, 0.4) is 0 Å². The first kappa shape index (κ1) is 6.50. The van der Waals surface area contributed by atoms with E-state index in [1.54, 1.807) is 34.6 Å². The van der Waals surface area contributed by atoms with Crippen LogP contribution in [-0.4, -0.2) is 20.9 Å². The van der Waals surface area contributed by atoms with E-state index in [9.17, 15) is 0 Å². The van der Waals surface area contributed by atoms with Gasteiger partial charge in [-0.2, -0.15) is 0 Å². The Labute approximate surface area is 67.5 Å². The van der Waals surface area contributed by atoms with Crippen LogP contribution >= 0.6 is 0 Å². The number of hydrogen-bond donors (Lipinski definition) is 0. The number of hydrogen-bond acceptors (Lipinski definition) is 0. The van der Waals surface area contributed by atoms with E-state index >= 15 is 0 Å². The van der Waals surface area contributed by atoms with Gasteiger partial charge in [-0.15, -0.1) is 0 Å². The molecule has 0 nitrogen and oxygen atoms in total. The van der Waals surface area contributed by atoms with E-state index in [1.165, 1.54) is 11.8 Å². The van der Waals surface area contributed by atoms with Crippen LogP contribution in [0.15, 0.2) is 0 Å². The van der Waals surface area contributed by atoms with Crippen molar-refractivity contribution in [3.05, 3.63) is 0 Å². The topological polar surface area (TPSA) is 0 Å². The summed E-state index contributed by atoms with van der Waals surface area (Å²) in [5.74, 6) is 2.45. The summed E-state index contributed by atoms with van der Waals surface area (Å²) in [6.07, 6.45) is 6.28. The van der Waals surface area contributed by atoms with Gasteiger partial charge in [0, 0.05) is 0 Å². The molecule has 2 aliphatic rings. The molecule has 2 rings (SSSR count). The molecule has 0 unspecified atom stereocenters. The average Bonchev–Trinajstić information content (AvgIpc) is 2.33. The molecule has 0 aromatic carbocycles. The second-order valence-electron chi connectivity index (χ2n) is 3.34. The third-order valence-corrected chi connectivity index (χ3v) is 6.52. The molecule has 0 radical (unpaired) electrons. The minimum absolute atomic E-state index is 0.535. The monoisotopic (exact) mass is 240 g/mol. The van der Waals surface area contributed by atoms with E-state index in [4.69, 9.17) is 0 Å². The van der Waals surface area contributed by atoms with Crippen LogP contribution in [0.2, 0.25) is 8.94 Å². The van der Waals surface area contributed by atoms with Gasteiger partial charge < -0.3 is 0 Å². The van der Waals surface area contributed by atoms with Crippen molar-refractivity contribution in [2.24, 2.45) is 11.8 Å². The summed E-state index contributed by atoms with van der Waals surface area (Å²) in [6, 6.07) is 0. The molecule has 2 fully saturated rings. The summed E-state index contributed by atoms with van der Waals surface area (Å²) in [5.41, 5.74) is 0. The summed E-state index contributed by atoms with van der Waals surface area (Å²) in [7, 11) is 0. The van der Waals surface area contributed by atoms with Crippen molar-refractivity contribution in [1.82, 2.24) is 0 Å². The molecule has 2 atom stereocenters. The molecule has 0 aromatic heterocycles. The summed E-state index contributed by atoms with van der Waals surface area (Å²) in [6.45, 7) is 0. The first-order valence-corrected chi connectivity index (χ1v) is 7.34. The first-order chi connectivity index (χ1) is 4.47. The molecule has 1 heteroatoms. The molecule has 1 saturated carbocycles. The van der Waals surface area contributed by atoms with E-state index in [2.05, 4.69) is 0 Å². The molecule has 1 heterocycles. The zero-order valence-corrected chi connectivity index (χ0v) is 8.14. The van der Waals surface area contributed by atoms with Crippen molar-refractivity contribution < 1.29 is 0 Å². The normalized spacial score (nSPS) is 42.7. The summed E-state index contributed by atoms with van der Waals surface area (Å²) >= 11 is 0.535. The molecule has 9 heavy (non-hydrogen) atoms. The van der Waals surface area contributed by atoms with Crippen LogP contribution in [0.4, 0.5) is 0 Å². The van der Waals surface area contributed by atoms with Gasteiger partial charge >= 0.3 is 67.4 Å². The zero-order valence-electron chi connectivity index (χ0n) is 5.81. The summed E-state index contributed by atoms with van der Waals surface area (Å²) < 4.78 is 3.38. The van der Waals surface area contributed by atoms with E-state index in [-0.39, 0.29) is 0 Å². The fourth-order valence-corrected chi connectivity index (χ4v) is 6.72. The van der Waals surface area contributed by atoms with Gasteiger partial charge in [-0.3, -0.25) is 0 Å². The second-order valence-corrected chi connectivity index (χ2v) is 6.41. The van der Waals surface area contributed by atoms with Gasteiger partial charge in [0.2, 0.25) is 0 Å². The molecule has 1 saturated heterocycles. The zero-order chi connectivity index (χ0) is 6.10. The van der Waals surface area contributed by atoms with Crippen molar-refractivity contribution in [1.29, 1.82) is 0 Å². The Hall–Kier alpha value is 0.790. The van der Waals surface area contributed by atoms with Crippen molar-refractivity contribution in [3.8, 4) is 0 Å². The molecule has 0 aromatic rings. The van der Waals surface area contributed by atoms with Gasteiger partial charge in [-0.25, -0.2) is 0 Å². The van der Waals surface area contributed by atoms with E-state index in [1.807, 2.05) is 0 Å². The van der Waals surface area contributed by atoms with Gasteiger partial charge in [-0.05, 0) is 0 Å². The Kier molecular flexibility index (Phi) is 2.02. The fourth-order valence-electron chi connectivity index (χ4n) is 2.09. The minimum atomic E-state index is 0.535. The first-order valence-electron chi connectivity index (χ1n) is 4.04. The van der Waals surface area contributed by atoms with Crippen molar-refractivity contribution in [2.75, 3.05) is 0 Å². The molecule has 0 amide bonds. The molecule has 1 aliphatic carbocycles. The molecule has 0 bridgehead atoms. The molecule has 1 aliphatic heterocycles. The Morgan fingerprint density at radius 3 is 2.00 bits per heavy atom. The molecule has 52 valence electrons. The average molecular weight is 238 g/mol. The van der Waals surface area contributed by atoms with Crippen LogP contribution in [0.5, 0.6) is 0 Å². The third kappa shape index (κ3) is 1.28. The van der Waals surface area contributed by atoms with E-state index in [0.717, 1.165) is 0 Å². The number of rotatable bonds is 0. The SMILES string of the molecule is C1CC[C@@H]2C[Te]C[C@H]2C1. The third-order valence-electron chi connectivity index (χ3n) is 2.73. The second kappa shape index (κ2) is 2.80. The van der Waals surface area contributed by atoms with Crippen LogP contribution in [0, 0.1) is 11.8 Å². The Morgan fingerprint density at radius 2 is 1.44 bits per heavy atom. The van der Waals surface area contributed by atoms with Crippen LogP contribution in [-0.2, 0) is 0 Å². The van der Waals surface area contributed by atoms with Crippen LogP contribution < -0.4 is 0 Å². The Balaban J connectivity index is 1.97. The van der Waals surface area contributed by atoms with E-state index in [0.29, 0.717) is 20.9 Å². The maximum atomic E-state index is 1.69. The predicted octanol–water partition coefficient (Wildman–Crippen LogP) is 2.35. The summed E-state index contributed by atoms with van der Waals surface area (Å²) in [4.78, 5) is 0. The standard InChI is InChI=1S/C8H14Te/c1-2-4-8-6-9-5-7(8)3-1/h7-8H,1-6H2/t7-,8-/m1/s1. The molecule has 0 N–H and O–H groups in total. The number of fused-ring (bicyclic) bond motifs is 1. The van der Waals surface area contributed by atoms with Gasteiger partial charge in [-0.1, -0.05) is 0 Å².